The average Bonchev–Trinajstić information content (AvgIpc) is 2.80. The van der Waals surface area contributed by atoms with Crippen molar-refractivity contribution < 1.29 is 9.53 Å². The zero-order valence-electron chi connectivity index (χ0n) is 16.9. The van der Waals surface area contributed by atoms with Gasteiger partial charge in [0, 0.05) is 10.7 Å². The minimum atomic E-state index is -0.495. The van der Waals surface area contributed by atoms with Gasteiger partial charge < -0.3 is 10.1 Å². The maximum atomic E-state index is 13.4. The first-order valence-corrected chi connectivity index (χ1v) is 10.9. The summed E-state index contributed by atoms with van der Waals surface area (Å²) in [5.74, 6) is 0.837. The van der Waals surface area contributed by atoms with Gasteiger partial charge in [0.25, 0.3) is 0 Å². The lowest BCUT2D eigenvalue weighted by atomic mass is 9.68. The Morgan fingerprint density at radius 1 is 0.867 bits per heavy atom. The topological polar surface area (TPSA) is 38.3 Å². The number of hydrogen-bond donors (Lipinski definition) is 1. The molecule has 3 aromatic carbocycles. The van der Waals surface area contributed by atoms with Gasteiger partial charge in [-0.25, -0.2) is 0 Å². The Labute approximate surface area is 183 Å². The van der Waals surface area contributed by atoms with Crippen molar-refractivity contribution in [3.05, 3.63) is 95.0 Å². The zero-order valence-corrected chi connectivity index (χ0v) is 17.7. The molecule has 1 amide bonds. The van der Waals surface area contributed by atoms with Crippen LogP contribution in [-0.4, -0.2) is 5.91 Å². The van der Waals surface area contributed by atoms with Crippen molar-refractivity contribution in [2.24, 2.45) is 0 Å². The fraction of sp³-hybridized carbons (Fsp3) is 0.269. The second-order valence-electron chi connectivity index (χ2n) is 7.90. The third-order valence-electron chi connectivity index (χ3n) is 5.90. The quantitative estimate of drug-likeness (QED) is 0.479. The molecule has 3 aromatic rings. The maximum Gasteiger partial charge on any atom is 0.235 e. The molecule has 0 aliphatic heterocycles. The molecule has 1 fully saturated rings. The summed E-state index contributed by atoms with van der Waals surface area (Å²) in [6, 6.07) is 25.4. The van der Waals surface area contributed by atoms with Gasteiger partial charge in [0.1, 0.15) is 12.4 Å². The molecule has 3 nitrogen and oxygen atoms in total. The van der Waals surface area contributed by atoms with Crippen LogP contribution in [0, 0.1) is 0 Å². The van der Waals surface area contributed by atoms with E-state index in [4.69, 9.17) is 16.3 Å². The highest BCUT2D eigenvalue weighted by Crippen LogP contribution is 2.41. The number of carbonyl (C=O) groups is 1. The molecule has 1 aliphatic rings. The molecular formula is C26H26ClNO2. The highest BCUT2D eigenvalue weighted by Gasteiger charge is 2.41. The summed E-state index contributed by atoms with van der Waals surface area (Å²) in [6.45, 7) is 0.520. The van der Waals surface area contributed by atoms with E-state index in [0.717, 1.165) is 48.2 Å². The molecule has 0 spiro atoms. The van der Waals surface area contributed by atoms with Crippen LogP contribution in [0.5, 0.6) is 5.75 Å². The van der Waals surface area contributed by atoms with E-state index in [1.807, 2.05) is 78.9 Å². The Bertz CT molecular complexity index is 962. The minimum Gasteiger partial charge on any atom is -0.489 e. The number of anilines is 1. The smallest absolute Gasteiger partial charge is 0.235 e. The van der Waals surface area contributed by atoms with E-state index in [9.17, 15) is 4.79 Å². The minimum absolute atomic E-state index is 0.0578. The van der Waals surface area contributed by atoms with Crippen molar-refractivity contribution in [2.75, 3.05) is 5.32 Å². The summed E-state index contributed by atoms with van der Waals surface area (Å²) in [5, 5.41) is 3.83. The SMILES string of the molecule is O=C(Nc1ccc(OCc2ccccc2)cc1)C1(c2ccc(Cl)cc2)CCCCC1. The van der Waals surface area contributed by atoms with E-state index < -0.39 is 5.41 Å². The van der Waals surface area contributed by atoms with E-state index in [1.54, 1.807) is 0 Å². The summed E-state index contributed by atoms with van der Waals surface area (Å²) < 4.78 is 5.84. The lowest BCUT2D eigenvalue weighted by molar-refractivity contribution is -0.122. The molecule has 0 bridgehead atoms. The summed E-state index contributed by atoms with van der Waals surface area (Å²) in [7, 11) is 0. The second kappa shape index (κ2) is 9.36. The number of benzene rings is 3. The van der Waals surface area contributed by atoms with Crippen molar-refractivity contribution in [3.8, 4) is 5.75 Å². The summed E-state index contributed by atoms with van der Waals surface area (Å²) in [4.78, 5) is 13.4. The van der Waals surface area contributed by atoms with Gasteiger partial charge in [0.05, 0.1) is 5.41 Å². The van der Waals surface area contributed by atoms with Crippen LogP contribution in [0.2, 0.25) is 5.02 Å². The predicted molar refractivity (Wildman–Crippen MR) is 122 cm³/mol. The molecule has 1 N–H and O–H groups in total. The standard InChI is InChI=1S/C26H26ClNO2/c27-22-11-9-21(10-12-22)26(17-5-2-6-18-26)25(29)28-23-13-15-24(16-14-23)30-19-20-7-3-1-4-8-20/h1,3-4,7-16H,2,5-6,17-19H2,(H,28,29). The first-order chi connectivity index (χ1) is 14.7. The maximum absolute atomic E-state index is 13.4. The highest BCUT2D eigenvalue weighted by molar-refractivity contribution is 6.30. The van der Waals surface area contributed by atoms with E-state index in [-0.39, 0.29) is 5.91 Å². The summed E-state index contributed by atoms with van der Waals surface area (Å²) in [5.41, 5.74) is 2.46. The van der Waals surface area contributed by atoms with Crippen LogP contribution in [0.1, 0.15) is 43.2 Å². The fourth-order valence-electron chi connectivity index (χ4n) is 4.20. The van der Waals surface area contributed by atoms with Gasteiger partial charge >= 0.3 is 0 Å². The molecule has 0 radical (unpaired) electrons. The fourth-order valence-corrected chi connectivity index (χ4v) is 4.32. The molecule has 154 valence electrons. The van der Waals surface area contributed by atoms with Gasteiger partial charge in [-0.05, 0) is 60.4 Å². The van der Waals surface area contributed by atoms with Gasteiger partial charge in [-0.1, -0.05) is 73.3 Å². The molecular weight excluding hydrogens is 394 g/mol. The number of amides is 1. The Morgan fingerprint density at radius 2 is 1.53 bits per heavy atom. The van der Waals surface area contributed by atoms with E-state index in [0.29, 0.717) is 11.6 Å². The number of ether oxygens (including phenoxy) is 1. The third kappa shape index (κ3) is 4.68. The predicted octanol–water partition coefficient (Wildman–Crippen LogP) is 6.76. The zero-order chi connectivity index (χ0) is 20.8. The van der Waals surface area contributed by atoms with E-state index in [1.165, 1.54) is 6.42 Å². The van der Waals surface area contributed by atoms with Crippen LogP contribution in [0.15, 0.2) is 78.9 Å². The highest BCUT2D eigenvalue weighted by atomic mass is 35.5. The number of halogens is 1. The summed E-state index contributed by atoms with van der Waals surface area (Å²) in [6.07, 6.45) is 5.01. The molecule has 1 aliphatic carbocycles. The van der Waals surface area contributed by atoms with Crippen LogP contribution in [-0.2, 0) is 16.8 Å². The van der Waals surface area contributed by atoms with Gasteiger partial charge in [0.15, 0.2) is 0 Å². The Morgan fingerprint density at radius 3 is 2.20 bits per heavy atom. The van der Waals surface area contributed by atoms with Gasteiger partial charge in [0.2, 0.25) is 5.91 Å². The van der Waals surface area contributed by atoms with Crippen molar-refractivity contribution in [1.82, 2.24) is 0 Å². The van der Waals surface area contributed by atoms with Gasteiger partial charge in [-0.15, -0.1) is 0 Å². The molecule has 0 heterocycles. The number of rotatable bonds is 6. The van der Waals surface area contributed by atoms with Crippen molar-refractivity contribution in [2.45, 2.75) is 44.1 Å². The normalized spacial score (nSPS) is 15.4. The van der Waals surface area contributed by atoms with E-state index >= 15 is 0 Å². The number of hydrogen-bond acceptors (Lipinski definition) is 2. The molecule has 0 aromatic heterocycles. The second-order valence-corrected chi connectivity index (χ2v) is 8.34. The van der Waals surface area contributed by atoms with Gasteiger partial charge in [-0.3, -0.25) is 4.79 Å². The average molecular weight is 420 g/mol. The largest absolute Gasteiger partial charge is 0.489 e. The Hall–Kier alpha value is -2.78. The number of nitrogens with one attached hydrogen (secondary N) is 1. The van der Waals surface area contributed by atoms with Crippen LogP contribution in [0.4, 0.5) is 5.69 Å². The van der Waals surface area contributed by atoms with Crippen LogP contribution in [0.3, 0.4) is 0 Å². The molecule has 30 heavy (non-hydrogen) atoms. The monoisotopic (exact) mass is 419 g/mol. The van der Waals surface area contributed by atoms with Crippen LogP contribution >= 0.6 is 11.6 Å². The lowest BCUT2D eigenvalue weighted by Gasteiger charge is -2.36. The molecule has 4 heteroatoms. The molecule has 0 atom stereocenters. The molecule has 0 saturated heterocycles. The van der Waals surface area contributed by atoms with Gasteiger partial charge in [-0.2, -0.15) is 0 Å². The third-order valence-corrected chi connectivity index (χ3v) is 6.15. The van der Waals surface area contributed by atoms with E-state index in [2.05, 4.69) is 5.32 Å². The van der Waals surface area contributed by atoms with Crippen molar-refractivity contribution in [3.63, 3.8) is 0 Å². The Kier molecular flexibility index (Phi) is 6.39. The first kappa shape index (κ1) is 20.5. The molecule has 0 unspecified atom stereocenters. The first-order valence-electron chi connectivity index (χ1n) is 10.5. The van der Waals surface area contributed by atoms with Crippen molar-refractivity contribution >= 4 is 23.2 Å². The van der Waals surface area contributed by atoms with Crippen LogP contribution < -0.4 is 10.1 Å². The number of carbonyl (C=O) groups excluding carboxylic acids is 1. The van der Waals surface area contributed by atoms with Crippen LogP contribution in [0.25, 0.3) is 0 Å². The molecule has 4 rings (SSSR count). The van der Waals surface area contributed by atoms with Crippen molar-refractivity contribution in [1.29, 1.82) is 0 Å². The Balaban J connectivity index is 1.45. The lowest BCUT2D eigenvalue weighted by Crippen LogP contribution is -2.42. The molecule has 1 saturated carbocycles. The summed E-state index contributed by atoms with van der Waals surface area (Å²) >= 11 is 6.07.